The Kier molecular flexibility index (Phi) is 8.46. The van der Waals surface area contributed by atoms with E-state index in [0.29, 0.717) is 30.1 Å². The van der Waals surface area contributed by atoms with Gasteiger partial charge in [-0.15, -0.1) is 24.0 Å². The van der Waals surface area contributed by atoms with Crippen molar-refractivity contribution in [1.82, 2.24) is 15.5 Å². The fourth-order valence-electron chi connectivity index (χ4n) is 4.34. The highest BCUT2D eigenvalue weighted by Crippen LogP contribution is 2.26. The first-order chi connectivity index (χ1) is 11.9. The monoisotopic (exact) mass is 498 g/mol. The minimum atomic E-state index is -2.82. The number of nitrogens with one attached hydrogen (secondary N) is 2. The maximum atomic E-state index is 11.6. The number of hydrogen-bond acceptors (Lipinski definition) is 4. The number of aliphatic imine (C=N–C) groups is 1. The van der Waals surface area contributed by atoms with Crippen LogP contribution in [0.15, 0.2) is 4.99 Å². The fraction of sp³-hybridized carbons (Fsp3) is 0.944. The van der Waals surface area contributed by atoms with Gasteiger partial charge in [0, 0.05) is 37.8 Å². The van der Waals surface area contributed by atoms with Crippen molar-refractivity contribution in [3.63, 3.8) is 0 Å². The molecule has 2 N–H and O–H groups in total. The van der Waals surface area contributed by atoms with Crippen molar-refractivity contribution in [3.8, 4) is 0 Å². The van der Waals surface area contributed by atoms with Gasteiger partial charge < -0.3 is 10.6 Å². The van der Waals surface area contributed by atoms with E-state index >= 15 is 0 Å². The Balaban J connectivity index is 0.00000243. The lowest BCUT2D eigenvalue weighted by Crippen LogP contribution is -2.47. The molecule has 26 heavy (non-hydrogen) atoms. The minimum Gasteiger partial charge on any atom is -0.354 e. The van der Waals surface area contributed by atoms with Crippen molar-refractivity contribution in [2.75, 3.05) is 31.1 Å². The first-order valence-electron chi connectivity index (χ1n) is 9.93. The first-order valence-corrected chi connectivity index (χ1v) is 11.8. The van der Waals surface area contributed by atoms with Crippen LogP contribution in [0, 0.1) is 5.92 Å². The number of nitrogens with zero attached hydrogens (tertiary/aromatic N) is 2. The molecule has 0 aromatic carbocycles. The molecule has 0 amide bonds. The summed E-state index contributed by atoms with van der Waals surface area (Å²) >= 11 is 0. The summed E-state index contributed by atoms with van der Waals surface area (Å²) in [5.41, 5.74) is 0. The molecule has 152 valence electrons. The van der Waals surface area contributed by atoms with E-state index < -0.39 is 9.84 Å². The van der Waals surface area contributed by atoms with Crippen molar-refractivity contribution >= 4 is 39.8 Å². The van der Waals surface area contributed by atoms with Crippen LogP contribution < -0.4 is 10.6 Å². The topological polar surface area (TPSA) is 73.8 Å². The largest absolute Gasteiger partial charge is 0.354 e. The number of rotatable bonds is 5. The lowest BCUT2D eigenvalue weighted by atomic mass is 10.1. The molecule has 2 saturated heterocycles. The predicted octanol–water partition coefficient (Wildman–Crippen LogP) is 2.00. The van der Waals surface area contributed by atoms with Crippen LogP contribution in [0.5, 0.6) is 0 Å². The molecule has 3 fully saturated rings. The highest BCUT2D eigenvalue weighted by molar-refractivity contribution is 14.0. The Bertz CT molecular complexity index is 576. The van der Waals surface area contributed by atoms with Gasteiger partial charge in [-0.1, -0.05) is 12.8 Å². The number of guanidine groups is 1. The SMILES string of the molecule is CC(C)NC(=NCC1CCS(=O)(=O)C1)NC1CCN(C2CCCC2)C1.I. The lowest BCUT2D eigenvalue weighted by Gasteiger charge is -2.24. The van der Waals surface area contributed by atoms with E-state index in [1.807, 2.05) is 0 Å². The Labute approximate surface area is 175 Å². The second-order valence-corrected chi connectivity index (χ2v) is 10.5. The summed E-state index contributed by atoms with van der Waals surface area (Å²) in [6.45, 7) is 7.09. The van der Waals surface area contributed by atoms with Gasteiger partial charge in [0.15, 0.2) is 15.8 Å². The van der Waals surface area contributed by atoms with Gasteiger partial charge >= 0.3 is 0 Å². The van der Waals surface area contributed by atoms with E-state index in [9.17, 15) is 8.42 Å². The molecule has 0 bridgehead atoms. The second-order valence-electron chi connectivity index (χ2n) is 8.32. The van der Waals surface area contributed by atoms with Crippen molar-refractivity contribution in [2.24, 2.45) is 10.9 Å². The molecule has 0 radical (unpaired) electrons. The van der Waals surface area contributed by atoms with Gasteiger partial charge in [0.25, 0.3) is 0 Å². The minimum absolute atomic E-state index is 0. The van der Waals surface area contributed by atoms with Gasteiger partial charge in [-0.25, -0.2) is 8.42 Å². The van der Waals surface area contributed by atoms with E-state index in [0.717, 1.165) is 31.4 Å². The summed E-state index contributed by atoms with van der Waals surface area (Å²) in [5.74, 6) is 1.64. The van der Waals surface area contributed by atoms with Crippen LogP contribution in [0.1, 0.15) is 52.4 Å². The number of sulfone groups is 1. The van der Waals surface area contributed by atoms with Crippen LogP contribution in [0.4, 0.5) is 0 Å². The molecule has 2 atom stereocenters. The Morgan fingerprint density at radius 3 is 2.54 bits per heavy atom. The van der Waals surface area contributed by atoms with Crippen molar-refractivity contribution in [2.45, 2.75) is 70.5 Å². The van der Waals surface area contributed by atoms with Crippen molar-refractivity contribution in [1.29, 1.82) is 0 Å². The van der Waals surface area contributed by atoms with Gasteiger partial charge in [-0.3, -0.25) is 9.89 Å². The number of halogens is 1. The molecule has 8 heteroatoms. The molecule has 0 aromatic heterocycles. The third kappa shape index (κ3) is 6.51. The van der Waals surface area contributed by atoms with Crippen molar-refractivity contribution < 1.29 is 8.42 Å². The normalized spacial score (nSPS) is 29.9. The van der Waals surface area contributed by atoms with Crippen LogP contribution in [-0.4, -0.2) is 68.5 Å². The van der Waals surface area contributed by atoms with Crippen LogP contribution in [0.2, 0.25) is 0 Å². The predicted molar refractivity (Wildman–Crippen MR) is 118 cm³/mol. The molecular weight excluding hydrogens is 463 g/mol. The van der Waals surface area contributed by atoms with E-state index in [4.69, 9.17) is 4.99 Å². The van der Waals surface area contributed by atoms with Gasteiger partial charge in [0.2, 0.25) is 0 Å². The van der Waals surface area contributed by atoms with Crippen LogP contribution in [0.25, 0.3) is 0 Å². The average Bonchev–Trinajstić information content (AvgIpc) is 3.24. The zero-order chi connectivity index (χ0) is 17.9. The zero-order valence-corrected chi connectivity index (χ0v) is 19.3. The van der Waals surface area contributed by atoms with Crippen molar-refractivity contribution in [3.05, 3.63) is 0 Å². The molecule has 3 aliphatic rings. The summed E-state index contributed by atoms with van der Waals surface area (Å²) in [7, 11) is -2.82. The summed E-state index contributed by atoms with van der Waals surface area (Å²) < 4.78 is 23.2. The first kappa shape index (κ1) is 22.2. The van der Waals surface area contributed by atoms with Crippen LogP contribution >= 0.6 is 24.0 Å². The van der Waals surface area contributed by atoms with Gasteiger partial charge in [0.1, 0.15) is 0 Å². The van der Waals surface area contributed by atoms with E-state index in [1.165, 1.54) is 32.2 Å². The summed E-state index contributed by atoms with van der Waals surface area (Å²) in [6, 6.07) is 1.54. The standard InChI is InChI=1S/C18H34N4O2S.HI/c1-14(2)20-18(19-11-15-8-10-25(23,24)13-15)21-16-7-9-22(12-16)17-5-3-4-6-17;/h14-17H,3-13H2,1-2H3,(H2,19,20,21);1H. The average molecular weight is 498 g/mol. The summed E-state index contributed by atoms with van der Waals surface area (Å²) in [5, 5.41) is 7.00. The third-order valence-corrected chi connectivity index (χ3v) is 7.50. The Hall–Kier alpha value is -0.0900. The summed E-state index contributed by atoms with van der Waals surface area (Å²) in [6.07, 6.45) is 7.38. The second kappa shape index (κ2) is 9.91. The Morgan fingerprint density at radius 2 is 1.92 bits per heavy atom. The fourth-order valence-corrected chi connectivity index (χ4v) is 6.19. The zero-order valence-electron chi connectivity index (χ0n) is 16.1. The van der Waals surface area contributed by atoms with Gasteiger partial charge in [-0.2, -0.15) is 0 Å². The molecule has 2 aliphatic heterocycles. The van der Waals surface area contributed by atoms with Gasteiger partial charge in [0.05, 0.1) is 11.5 Å². The van der Waals surface area contributed by atoms with Crippen LogP contribution in [0.3, 0.4) is 0 Å². The molecule has 0 aromatic rings. The maximum absolute atomic E-state index is 11.6. The van der Waals surface area contributed by atoms with Gasteiger partial charge in [-0.05, 0) is 45.4 Å². The van der Waals surface area contributed by atoms with E-state index in [2.05, 4.69) is 29.4 Å². The molecular formula is C18H35IN4O2S. The maximum Gasteiger partial charge on any atom is 0.191 e. The number of likely N-dealkylation sites (tertiary alicyclic amines) is 1. The molecule has 1 saturated carbocycles. The third-order valence-electron chi connectivity index (χ3n) is 5.66. The van der Waals surface area contributed by atoms with E-state index in [1.54, 1.807) is 0 Å². The summed E-state index contributed by atoms with van der Waals surface area (Å²) in [4.78, 5) is 7.35. The molecule has 3 rings (SSSR count). The molecule has 2 heterocycles. The quantitative estimate of drug-likeness (QED) is 0.345. The molecule has 6 nitrogen and oxygen atoms in total. The smallest absolute Gasteiger partial charge is 0.191 e. The van der Waals surface area contributed by atoms with Crippen LogP contribution in [-0.2, 0) is 9.84 Å². The highest BCUT2D eigenvalue weighted by Gasteiger charge is 2.31. The molecule has 1 aliphatic carbocycles. The Morgan fingerprint density at radius 1 is 1.19 bits per heavy atom. The number of hydrogen-bond donors (Lipinski definition) is 2. The molecule has 0 spiro atoms. The lowest BCUT2D eigenvalue weighted by molar-refractivity contribution is 0.242. The molecule has 2 unspecified atom stereocenters. The van der Waals surface area contributed by atoms with E-state index in [-0.39, 0.29) is 29.9 Å². The highest BCUT2D eigenvalue weighted by atomic mass is 127.